The minimum atomic E-state index is -4.08. The Labute approximate surface area is 163 Å². The van der Waals surface area contributed by atoms with Crippen LogP contribution in [0, 0.1) is 13.8 Å². The summed E-state index contributed by atoms with van der Waals surface area (Å²) in [6.07, 6.45) is 6.09. The lowest BCUT2D eigenvalue weighted by Gasteiger charge is -2.31. The number of benzene rings is 1. The first-order chi connectivity index (χ1) is 12.5. The fourth-order valence-electron chi connectivity index (χ4n) is 2.37. The molecule has 0 atom stereocenters. The quantitative estimate of drug-likeness (QED) is 0.570. The second-order valence-electron chi connectivity index (χ2n) is 6.11. The van der Waals surface area contributed by atoms with E-state index in [1.165, 1.54) is 4.90 Å². The van der Waals surface area contributed by atoms with Crippen LogP contribution in [0.3, 0.4) is 0 Å². The Morgan fingerprint density at radius 2 is 1.67 bits per heavy atom. The molecule has 0 spiro atoms. The monoisotopic (exact) mass is 417 g/mol. The maximum Gasteiger partial charge on any atom is 0.415 e. The highest BCUT2D eigenvalue weighted by atomic mass is 32.3. The SMILES string of the molecule is C=CCN(CC=C)C(=O)Oc1cc(C)c(S(C)(C)OS(=O)(=O)OC)cc1C. The van der Waals surface area contributed by atoms with E-state index >= 15 is 0 Å². The number of aryl methyl sites for hydroxylation is 2. The van der Waals surface area contributed by atoms with Crippen molar-refractivity contribution in [1.82, 2.24) is 4.90 Å². The third kappa shape index (κ3) is 6.39. The Bertz CT molecular complexity index is 807. The predicted octanol–water partition coefficient (Wildman–Crippen LogP) is 3.72. The summed E-state index contributed by atoms with van der Waals surface area (Å²) in [7, 11) is -5.19. The molecule has 1 rings (SSSR count). The molecule has 0 aliphatic heterocycles. The molecule has 0 radical (unpaired) electrons. The van der Waals surface area contributed by atoms with E-state index in [2.05, 4.69) is 17.3 Å². The Morgan fingerprint density at radius 3 is 2.15 bits per heavy atom. The van der Waals surface area contributed by atoms with E-state index in [9.17, 15) is 13.2 Å². The Hall–Kier alpha value is -1.81. The smallest absolute Gasteiger partial charge is 0.410 e. The van der Waals surface area contributed by atoms with Gasteiger partial charge in [-0.25, -0.2) is 4.79 Å². The van der Waals surface area contributed by atoms with Crippen LogP contribution in [0.15, 0.2) is 42.3 Å². The van der Waals surface area contributed by atoms with E-state index in [-0.39, 0.29) is 0 Å². The lowest BCUT2D eigenvalue weighted by molar-refractivity contribution is 0.162. The van der Waals surface area contributed by atoms with Gasteiger partial charge in [0.25, 0.3) is 0 Å². The third-order valence-corrected chi connectivity index (χ3v) is 7.55. The molecule has 1 aromatic rings. The normalized spacial score (nSPS) is 12.3. The van der Waals surface area contributed by atoms with Gasteiger partial charge in [-0.05, 0) is 49.6 Å². The minimum Gasteiger partial charge on any atom is -0.410 e. The van der Waals surface area contributed by atoms with E-state index in [1.807, 2.05) is 0 Å². The van der Waals surface area contributed by atoms with E-state index in [0.717, 1.165) is 17.6 Å². The fourth-order valence-corrected chi connectivity index (χ4v) is 5.85. The van der Waals surface area contributed by atoms with Crippen LogP contribution >= 0.6 is 10.3 Å². The lowest BCUT2D eigenvalue weighted by atomic mass is 10.1. The molecular formula is C18H27NO6S2. The first-order valence-corrected chi connectivity index (χ1v) is 11.7. The van der Waals surface area contributed by atoms with Crippen molar-refractivity contribution >= 4 is 26.8 Å². The van der Waals surface area contributed by atoms with Gasteiger partial charge in [0.05, 0.1) is 7.11 Å². The number of amides is 1. The van der Waals surface area contributed by atoms with Crippen LogP contribution < -0.4 is 4.74 Å². The molecule has 0 aliphatic carbocycles. The second kappa shape index (κ2) is 9.41. The van der Waals surface area contributed by atoms with Gasteiger partial charge in [0.2, 0.25) is 0 Å². The summed E-state index contributed by atoms with van der Waals surface area (Å²) in [5, 5.41) is 0. The number of rotatable bonds is 9. The Morgan fingerprint density at radius 1 is 1.11 bits per heavy atom. The zero-order valence-electron chi connectivity index (χ0n) is 16.4. The Kier molecular flexibility index (Phi) is 8.09. The first kappa shape index (κ1) is 23.2. The molecule has 0 unspecified atom stereocenters. The van der Waals surface area contributed by atoms with Crippen molar-refractivity contribution in [2.75, 3.05) is 32.7 Å². The van der Waals surface area contributed by atoms with Crippen LogP contribution in [0.2, 0.25) is 0 Å². The summed E-state index contributed by atoms with van der Waals surface area (Å²) in [4.78, 5) is 14.5. The molecule has 27 heavy (non-hydrogen) atoms. The number of carbonyl (C=O) groups is 1. The van der Waals surface area contributed by atoms with Crippen LogP contribution in [0.4, 0.5) is 4.79 Å². The number of ether oxygens (including phenoxy) is 1. The minimum absolute atomic E-state index is 0.334. The molecule has 0 N–H and O–H groups in total. The summed E-state index contributed by atoms with van der Waals surface area (Å²) >= 11 is 0. The molecule has 9 heteroatoms. The molecule has 0 fully saturated rings. The zero-order valence-corrected chi connectivity index (χ0v) is 18.0. The maximum atomic E-state index is 12.4. The topological polar surface area (TPSA) is 82.1 Å². The van der Waals surface area contributed by atoms with Gasteiger partial charge in [0.15, 0.2) is 0 Å². The fraction of sp³-hybridized carbons (Fsp3) is 0.389. The van der Waals surface area contributed by atoms with Gasteiger partial charge in [0, 0.05) is 18.0 Å². The molecule has 0 saturated heterocycles. The van der Waals surface area contributed by atoms with Crippen LogP contribution in [-0.4, -0.2) is 52.1 Å². The van der Waals surface area contributed by atoms with Gasteiger partial charge in [-0.2, -0.15) is 12.0 Å². The molecule has 0 aliphatic rings. The van der Waals surface area contributed by atoms with Crippen molar-refractivity contribution in [2.45, 2.75) is 18.7 Å². The standard InChI is InChI=1S/C18H27NO6S2/c1-8-10-19(11-9-2)18(20)24-16-12-15(4)17(13-14(16)3)26(6,7)25-27(21,22)23-5/h8-9,12-13H,1-2,10-11H2,3-7H3. The third-order valence-electron chi connectivity index (χ3n) is 3.61. The zero-order chi connectivity index (χ0) is 20.8. The van der Waals surface area contributed by atoms with Crippen LogP contribution in [0.25, 0.3) is 0 Å². The number of carbonyl (C=O) groups excluding carboxylic acids is 1. The van der Waals surface area contributed by atoms with Crippen molar-refractivity contribution in [2.24, 2.45) is 0 Å². The van der Waals surface area contributed by atoms with Crippen LogP contribution in [-0.2, 0) is 18.2 Å². The predicted molar refractivity (Wildman–Crippen MR) is 109 cm³/mol. The highest BCUT2D eigenvalue weighted by molar-refractivity contribution is 8.31. The van der Waals surface area contributed by atoms with Crippen molar-refractivity contribution in [1.29, 1.82) is 0 Å². The Balaban J connectivity index is 3.16. The molecule has 0 saturated carbocycles. The molecular weight excluding hydrogens is 390 g/mol. The molecule has 0 aromatic heterocycles. The number of nitrogens with zero attached hydrogens (tertiary/aromatic N) is 1. The van der Waals surface area contributed by atoms with Crippen LogP contribution in [0.5, 0.6) is 5.75 Å². The molecule has 0 bridgehead atoms. The van der Waals surface area contributed by atoms with Crippen molar-refractivity contribution in [3.8, 4) is 5.75 Å². The maximum absolute atomic E-state index is 12.4. The van der Waals surface area contributed by atoms with Gasteiger partial charge in [-0.3, -0.25) is 4.18 Å². The molecule has 1 amide bonds. The summed E-state index contributed by atoms with van der Waals surface area (Å²) in [5.74, 6) is 0.393. The molecule has 0 heterocycles. The van der Waals surface area contributed by atoms with Crippen molar-refractivity contribution < 1.29 is 25.8 Å². The van der Waals surface area contributed by atoms with Gasteiger partial charge >= 0.3 is 16.5 Å². The highest BCUT2D eigenvalue weighted by Crippen LogP contribution is 2.54. The average Bonchev–Trinajstić information content (AvgIpc) is 2.56. The highest BCUT2D eigenvalue weighted by Gasteiger charge is 2.27. The van der Waals surface area contributed by atoms with Crippen molar-refractivity contribution in [3.05, 3.63) is 48.6 Å². The summed E-state index contributed by atoms with van der Waals surface area (Å²) in [6, 6.07) is 3.46. The van der Waals surface area contributed by atoms with Gasteiger partial charge in [0.1, 0.15) is 5.75 Å². The average molecular weight is 418 g/mol. The van der Waals surface area contributed by atoms with Gasteiger partial charge in [-0.15, -0.1) is 13.2 Å². The summed E-state index contributed by atoms with van der Waals surface area (Å²) in [5.41, 5.74) is 1.42. The molecule has 152 valence electrons. The number of hydrogen-bond acceptors (Lipinski definition) is 6. The summed E-state index contributed by atoms with van der Waals surface area (Å²) in [6.45, 7) is 11.5. The van der Waals surface area contributed by atoms with E-state index in [1.54, 1.807) is 50.6 Å². The van der Waals surface area contributed by atoms with E-state index < -0.39 is 26.8 Å². The largest absolute Gasteiger partial charge is 0.415 e. The summed E-state index contributed by atoms with van der Waals surface area (Å²) < 4.78 is 38.5. The van der Waals surface area contributed by atoms with E-state index in [0.29, 0.717) is 24.4 Å². The van der Waals surface area contributed by atoms with E-state index in [4.69, 9.17) is 8.37 Å². The number of hydrogen-bond donors (Lipinski definition) is 0. The second-order valence-corrected chi connectivity index (χ2v) is 10.7. The molecule has 1 aromatic carbocycles. The lowest BCUT2D eigenvalue weighted by Crippen LogP contribution is -2.34. The molecule has 7 nitrogen and oxygen atoms in total. The first-order valence-electron chi connectivity index (χ1n) is 8.02. The van der Waals surface area contributed by atoms with Crippen LogP contribution in [0.1, 0.15) is 11.1 Å². The van der Waals surface area contributed by atoms with Gasteiger partial charge in [-0.1, -0.05) is 22.5 Å². The van der Waals surface area contributed by atoms with Gasteiger partial charge < -0.3 is 9.64 Å². The van der Waals surface area contributed by atoms with Crippen molar-refractivity contribution in [3.63, 3.8) is 0 Å².